The Hall–Kier alpha value is -2.77. The number of hydrogen-bond donors (Lipinski definition) is 1. The van der Waals surface area contributed by atoms with Crippen LogP contribution in [0.1, 0.15) is 62.9 Å². The second-order valence-corrected chi connectivity index (χ2v) is 8.50. The van der Waals surface area contributed by atoms with E-state index in [-0.39, 0.29) is 12.1 Å². The van der Waals surface area contributed by atoms with Gasteiger partial charge in [-0.2, -0.15) is 0 Å². The fourth-order valence-electron chi connectivity index (χ4n) is 3.56. The van der Waals surface area contributed by atoms with E-state index in [1.165, 1.54) is 4.90 Å². The minimum absolute atomic E-state index is 0.247. The lowest BCUT2D eigenvalue weighted by molar-refractivity contribution is -0.142. The molecule has 1 aromatic rings. The standard InChI is InChI=1S/C20H25NO7/c1-19(2,3)28-18(25)21-9-8-12(15(21)16(22)23)11-6-7-14-13(10-11)17(24)27-20(4,5)26-14/h6-7,10,12,15H,8-9H2,1-5H3,(H,22,23)/t12-,15+/m1/s1. The van der Waals surface area contributed by atoms with Crippen LogP contribution in [0.15, 0.2) is 18.2 Å². The Bertz CT molecular complexity index is 824. The van der Waals surface area contributed by atoms with Gasteiger partial charge in [0.2, 0.25) is 5.79 Å². The number of carboxylic acids is 1. The Morgan fingerprint density at radius 2 is 1.93 bits per heavy atom. The molecule has 1 fully saturated rings. The zero-order valence-electron chi connectivity index (χ0n) is 16.6. The molecule has 2 aliphatic heterocycles. The molecule has 8 nitrogen and oxygen atoms in total. The maximum atomic E-state index is 12.5. The van der Waals surface area contributed by atoms with E-state index in [1.54, 1.807) is 52.8 Å². The first-order chi connectivity index (χ1) is 12.9. The lowest BCUT2D eigenvalue weighted by atomic mass is 9.90. The summed E-state index contributed by atoms with van der Waals surface area (Å²) in [6, 6.07) is 3.88. The summed E-state index contributed by atoms with van der Waals surface area (Å²) in [5.74, 6) is -2.79. The quantitative estimate of drug-likeness (QED) is 0.773. The van der Waals surface area contributed by atoms with E-state index >= 15 is 0 Å². The molecule has 0 unspecified atom stereocenters. The van der Waals surface area contributed by atoms with Crippen molar-refractivity contribution in [3.63, 3.8) is 0 Å². The number of ether oxygens (including phenoxy) is 3. The third-order valence-corrected chi connectivity index (χ3v) is 4.62. The number of aliphatic carboxylic acids is 1. The van der Waals surface area contributed by atoms with Gasteiger partial charge in [-0.25, -0.2) is 14.4 Å². The summed E-state index contributed by atoms with van der Waals surface area (Å²) in [5, 5.41) is 9.76. The van der Waals surface area contributed by atoms with Gasteiger partial charge in [-0.3, -0.25) is 4.90 Å². The molecule has 0 aliphatic carbocycles. The average molecular weight is 391 g/mol. The maximum absolute atomic E-state index is 12.5. The van der Waals surface area contributed by atoms with Gasteiger partial charge in [0.05, 0.1) is 0 Å². The molecule has 3 rings (SSSR count). The second-order valence-electron chi connectivity index (χ2n) is 8.50. The number of carbonyl (C=O) groups is 3. The van der Waals surface area contributed by atoms with Crippen molar-refractivity contribution >= 4 is 18.0 Å². The van der Waals surface area contributed by atoms with Crippen molar-refractivity contribution in [2.45, 2.75) is 64.4 Å². The monoisotopic (exact) mass is 391 g/mol. The van der Waals surface area contributed by atoms with Crippen LogP contribution in [-0.2, 0) is 14.3 Å². The molecule has 28 heavy (non-hydrogen) atoms. The zero-order chi connectivity index (χ0) is 20.9. The lowest BCUT2D eigenvalue weighted by Crippen LogP contribution is -2.45. The number of benzene rings is 1. The van der Waals surface area contributed by atoms with Gasteiger partial charge in [-0.15, -0.1) is 0 Å². The van der Waals surface area contributed by atoms with Gasteiger partial charge in [0.15, 0.2) is 0 Å². The number of carboxylic acid groups (broad SMARTS) is 1. The van der Waals surface area contributed by atoms with Crippen LogP contribution in [0.4, 0.5) is 4.79 Å². The van der Waals surface area contributed by atoms with E-state index in [0.717, 1.165) is 0 Å². The number of likely N-dealkylation sites (tertiary alicyclic amines) is 1. The molecule has 0 saturated carbocycles. The van der Waals surface area contributed by atoms with Gasteiger partial charge in [0.25, 0.3) is 0 Å². The molecule has 1 N–H and O–H groups in total. The number of nitrogens with zero attached hydrogens (tertiary/aromatic N) is 1. The van der Waals surface area contributed by atoms with Crippen molar-refractivity contribution in [3.8, 4) is 5.75 Å². The van der Waals surface area contributed by atoms with Crippen molar-refractivity contribution in [3.05, 3.63) is 29.3 Å². The first kappa shape index (κ1) is 20.0. The molecule has 0 bridgehead atoms. The van der Waals surface area contributed by atoms with Crippen LogP contribution in [0, 0.1) is 0 Å². The minimum Gasteiger partial charge on any atom is -0.480 e. The summed E-state index contributed by atoms with van der Waals surface area (Å²) < 4.78 is 16.2. The van der Waals surface area contributed by atoms with E-state index in [4.69, 9.17) is 14.2 Å². The van der Waals surface area contributed by atoms with Crippen LogP contribution in [-0.4, -0.2) is 52.0 Å². The van der Waals surface area contributed by atoms with Crippen LogP contribution < -0.4 is 4.74 Å². The predicted molar refractivity (Wildman–Crippen MR) is 98.3 cm³/mol. The highest BCUT2D eigenvalue weighted by molar-refractivity contribution is 5.94. The van der Waals surface area contributed by atoms with Gasteiger partial charge in [0, 0.05) is 26.3 Å². The number of carbonyl (C=O) groups excluding carboxylic acids is 2. The molecule has 0 aromatic heterocycles. The second kappa shape index (κ2) is 6.68. The van der Waals surface area contributed by atoms with Crippen molar-refractivity contribution in [2.75, 3.05) is 6.54 Å². The highest BCUT2D eigenvalue weighted by Gasteiger charge is 2.45. The topological polar surface area (TPSA) is 102 Å². The van der Waals surface area contributed by atoms with E-state index in [0.29, 0.717) is 17.7 Å². The Balaban J connectivity index is 1.89. The van der Waals surface area contributed by atoms with Gasteiger partial charge < -0.3 is 19.3 Å². The Labute approximate surface area is 163 Å². The summed E-state index contributed by atoms with van der Waals surface area (Å²) in [6.07, 6.45) is -0.221. The molecule has 0 radical (unpaired) electrons. The Morgan fingerprint density at radius 1 is 1.25 bits per heavy atom. The van der Waals surface area contributed by atoms with Crippen LogP contribution >= 0.6 is 0 Å². The van der Waals surface area contributed by atoms with Crippen LogP contribution in [0.2, 0.25) is 0 Å². The van der Waals surface area contributed by atoms with Crippen molar-refractivity contribution in [1.82, 2.24) is 4.90 Å². The molecular formula is C20H25NO7. The third kappa shape index (κ3) is 3.90. The molecule has 2 atom stereocenters. The van der Waals surface area contributed by atoms with E-state index < -0.39 is 41.4 Å². The molecule has 8 heteroatoms. The summed E-state index contributed by atoms with van der Waals surface area (Å²) in [7, 11) is 0. The summed E-state index contributed by atoms with van der Waals surface area (Å²) in [6.45, 7) is 8.71. The molecular weight excluding hydrogens is 366 g/mol. The highest BCUT2D eigenvalue weighted by Crippen LogP contribution is 2.38. The van der Waals surface area contributed by atoms with Gasteiger partial charge in [0.1, 0.15) is 23.0 Å². The number of fused-ring (bicyclic) bond motifs is 1. The van der Waals surface area contributed by atoms with Gasteiger partial charge in [-0.1, -0.05) is 6.07 Å². The summed E-state index contributed by atoms with van der Waals surface area (Å²) in [5.41, 5.74) is 0.159. The maximum Gasteiger partial charge on any atom is 0.411 e. The normalized spacial score (nSPS) is 23.5. The lowest BCUT2D eigenvalue weighted by Gasteiger charge is -2.32. The van der Waals surface area contributed by atoms with Crippen molar-refractivity contribution in [2.24, 2.45) is 0 Å². The Kier molecular flexibility index (Phi) is 4.77. The van der Waals surface area contributed by atoms with Crippen molar-refractivity contribution < 1.29 is 33.7 Å². The predicted octanol–water partition coefficient (Wildman–Crippen LogP) is 3.15. The van der Waals surface area contributed by atoms with Gasteiger partial charge in [-0.05, 0) is 44.9 Å². The molecule has 1 amide bonds. The summed E-state index contributed by atoms with van der Waals surface area (Å²) >= 11 is 0. The minimum atomic E-state index is -1.12. The van der Waals surface area contributed by atoms with Crippen LogP contribution in [0.25, 0.3) is 0 Å². The zero-order valence-corrected chi connectivity index (χ0v) is 16.6. The number of rotatable bonds is 2. The molecule has 152 valence electrons. The van der Waals surface area contributed by atoms with Crippen LogP contribution in [0.3, 0.4) is 0 Å². The highest BCUT2D eigenvalue weighted by atomic mass is 16.7. The third-order valence-electron chi connectivity index (χ3n) is 4.62. The largest absolute Gasteiger partial charge is 0.480 e. The number of amides is 1. The first-order valence-corrected chi connectivity index (χ1v) is 9.17. The fraction of sp³-hybridized carbons (Fsp3) is 0.550. The molecule has 0 spiro atoms. The van der Waals surface area contributed by atoms with Gasteiger partial charge >= 0.3 is 18.0 Å². The average Bonchev–Trinajstić information content (AvgIpc) is 2.97. The molecule has 1 aromatic carbocycles. The van der Waals surface area contributed by atoms with E-state index in [2.05, 4.69) is 0 Å². The summed E-state index contributed by atoms with van der Waals surface area (Å²) in [4.78, 5) is 37.9. The smallest absolute Gasteiger partial charge is 0.411 e. The first-order valence-electron chi connectivity index (χ1n) is 9.17. The number of hydrogen-bond acceptors (Lipinski definition) is 6. The number of cyclic esters (lactones) is 1. The number of esters is 1. The van der Waals surface area contributed by atoms with E-state index in [9.17, 15) is 19.5 Å². The SMILES string of the molecule is CC(C)(C)OC(=O)N1CC[C@H](c2ccc3c(c2)C(=O)OC(C)(C)O3)[C@H]1C(=O)O. The van der Waals surface area contributed by atoms with E-state index in [1.807, 2.05) is 0 Å². The molecule has 2 heterocycles. The molecule has 1 saturated heterocycles. The van der Waals surface area contributed by atoms with Crippen LogP contribution in [0.5, 0.6) is 5.75 Å². The fourth-order valence-corrected chi connectivity index (χ4v) is 3.56. The van der Waals surface area contributed by atoms with Crippen molar-refractivity contribution in [1.29, 1.82) is 0 Å². The molecule has 2 aliphatic rings. The Morgan fingerprint density at radius 3 is 2.54 bits per heavy atom.